The maximum Gasteiger partial charge on any atom is 0.289 e. The number of hydrazone groups is 1. The molecule has 0 aliphatic rings. The van der Waals surface area contributed by atoms with E-state index in [0.29, 0.717) is 29.8 Å². The van der Waals surface area contributed by atoms with Crippen molar-refractivity contribution >= 4 is 41.0 Å². The Morgan fingerprint density at radius 3 is 2.34 bits per heavy atom. The molecule has 7 nitrogen and oxygen atoms in total. The maximum absolute atomic E-state index is 12.5. The number of hydrogen-bond acceptors (Lipinski definition) is 5. The van der Waals surface area contributed by atoms with Crippen LogP contribution in [0.25, 0.3) is 11.3 Å². The van der Waals surface area contributed by atoms with E-state index >= 15 is 0 Å². The number of aromatic nitrogens is 2. The molecule has 0 atom stereocenters. The summed E-state index contributed by atoms with van der Waals surface area (Å²) in [6.07, 6.45) is 1.59. The smallest absolute Gasteiger partial charge is 0.289 e. The summed E-state index contributed by atoms with van der Waals surface area (Å²) in [5.74, 6) is 1.42. The lowest BCUT2D eigenvalue weighted by atomic mass is 10.1. The van der Waals surface area contributed by atoms with Crippen molar-refractivity contribution in [1.82, 2.24) is 15.6 Å². The molecule has 0 saturated heterocycles. The van der Waals surface area contributed by atoms with E-state index in [4.69, 9.17) is 27.9 Å². The number of anilines is 1. The van der Waals surface area contributed by atoms with E-state index in [2.05, 4.69) is 56.8 Å². The third kappa shape index (κ3) is 7.60. The first kappa shape index (κ1) is 27.2. The number of alkyl halides is 2. The Morgan fingerprint density at radius 2 is 1.68 bits per heavy atom. The highest BCUT2D eigenvalue weighted by Crippen LogP contribution is 2.22. The summed E-state index contributed by atoms with van der Waals surface area (Å²) in [7, 11) is 0. The van der Waals surface area contributed by atoms with Crippen molar-refractivity contribution in [1.29, 1.82) is 0 Å². The van der Waals surface area contributed by atoms with Crippen LogP contribution >= 0.6 is 23.2 Å². The first-order valence-corrected chi connectivity index (χ1v) is 13.3. The minimum absolute atomic E-state index is 0.310. The summed E-state index contributed by atoms with van der Waals surface area (Å²) in [6, 6.07) is 25.3. The van der Waals surface area contributed by atoms with Gasteiger partial charge in [0.1, 0.15) is 18.1 Å². The zero-order valence-electron chi connectivity index (χ0n) is 21.0. The molecule has 2 N–H and O–H groups in total. The standard InChI is InChI=1S/C29H29Cl2N5O2/c1-21-2-4-23(5-3-21)20-38-26-12-8-24(9-13-26)27-18-28(34-33-27)29(37)35-32-19-22-6-10-25(11-7-22)36(16-14-30)17-15-31/h2-13,18-19H,14-17,20H2,1H3,(H,33,34)(H,35,37). The highest BCUT2D eigenvalue weighted by Gasteiger charge is 2.11. The number of halogens is 2. The summed E-state index contributed by atoms with van der Waals surface area (Å²) in [6.45, 7) is 3.99. The van der Waals surface area contributed by atoms with E-state index in [1.54, 1.807) is 12.3 Å². The molecule has 3 aromatic carbocycles. The van der Waals surface area contributed by atoms with Crippen LogP contribution in [0.3, 0.4) is 0 Å². The van der Waals surface area contributed by atoms with Gasteiger partial charge in [0.2, 0.25) is 0 Å². The molecule has 0 saturated carbocycles. The Hall–Kier alpha value is -3.81. The van der Waals surface area contributed by atoms with Gasteiger partial charge in [-0.05, 0) is 60.5 Å². The molecule has 9 heteroatoms. The van der Waals surface area contributed by atoms with Crippen LogP contribution in [0.15, 0.2) is 84.0 Å². The molecule has 0 aliphatic carbocycles. The molecule has 0 radical (unpaired) electrons. The van der Waals surface area contributed by atoms with Crippen molar-refractivity contribution in [2.75, 3.05) is 29.7 Å². The van der Waals surface area contributed by atoms with Crippen molar-refractivity contribution in [3.8, 4) is 17.0 Å². The fourth-order valence-electron chi connectivity index (χ4n) is 3.73. The van der Waals surface area contributed by atoms with Crippen molar-refractivity contribution in [3.63, 3.8) is 0 Å². The Balaban J connectivity index is 1.29. The molecule has 196 valence electrons. The first-order valence-electron chi connectivity index (χ1n) is 12.2. The van der Waals surface area contributed by atoms with Crippen LogP contribution in [0.1, 0.15) is 27.2 Å². The van der Waals surface area contributed by atoms with Gasteiger partial charge in [-0.2, -0.15) is 10.2 Å². The summed E-state index contributed by atoms with van der Waals surface area (Å²) in [5.41, 5.74) is 8.56. The Morgan fingerprint density at radius 1 is 1.00 bits per heavy atom. The maximum atomic E-state index is 12.5. The number of carbonyl (C=O) groups excluding carboxylic acids is 1. The molecule has 38 heavy (non-hydrogen) atoms. The second kappa shape index (κ2) is 13.7. The number of amides is 1. The monoisotopic (exact) mass is 549 g/mol. The second-order valence-electron chi connectivity index (χ2n) is 8.62. The van der Waals surface area contributed by atoms with Crippen LogP contribution in [0.2, 0.25) is 0 Å². The van der Waals surface area contributed by atoms with E-state index in [0.717, 1.165) is 41.2 Å². The van der Waals surface area contributed by atoms with Crippen molar-refractivity contribution < 1.29 is 9.53 Å². The first-order chi connectivity index (χ1) is 18.6. The fourth-order valence-corrected chi connectivity index (χ4v) is 4.14. The Bertz CT molecular complexity index is 1330. The minimum Gasteiger partial charge on any atom is -0.489 e. The molecule has 4 rings (SSSR count). The van der Waals surface area contributed by atoms with Crippen molar-refractivity contribution in [3.05, 3.63) is 101 Å². The number of rotatable bonds is 12. The molecular weight excluding hydrogens is 521 g/mol. The lowest BCUT2D eigenvalue weighted by Crippen LogP contribution is -2.27. The van der Waals surface area contributed by atoms with Gasteiger partial charge in [-0.15, -0.1) is 23.2 Å². The third-order valence-electron chi connectivity index (χ3n) is 5.85. The zero-order valence-corrected chi connectivity index (χ0v) is 22.5. The van der Waals surface area contributed by atoms with Gasteiger partial charge in [0.25, 0.3) is 5.91 Å². The molecule has 1 aromatic heterocycles. The number of H-pyrrole nitrogens is 1. The molecule has 0 spiro atoms. The van der Waals surface area contributed by atoms with Gasteiger partial charge in [-0.3, -0.25) is 9.89 Å². The number of hydrogen-bond donors (Lipinski definition) is 2. The van der Waals surface area contributed by atoms with E-state index < -0.39 is 0 Å². The number of nitrogens with zero attached hydrogens (tertiary/aromatic N) is 3. The number of benzene rings is 3. The average Bonchev–Trinajstić information content (AvgIpc) is 3.44. The van der Waals surface area contributed by atoms with Crippen LogP contribution in [-0.2, 0) is 6.61 Å². The zero-order chi connectivity index (χ0) is 26.7. The molecule has 0 aliphatic heterocycles. The van der Waals surface area contributed by atoms with Crippen LogP contribution in [0, 0.1) is 6.92 Å². The molecule has 0 unspecified atom stereocenters. The molecule has 1 heterocycles. The predicted molar refractivity (Wildman–Crippen MR) is 155 cm³/mol. The lowest BCUT2D eigenvalue weighted by Gasteiger charge is -2.22. The van der Waals surface area contributed by atoms with Crippen LogP contribution < -0.4 is 15.1 Å². The second-order valence-corrected chi connectivity index (χ2v) is 9.38. The molecule has 4 aromatic rings. The van der Waals surface area contributed by atoms with Gasteiger partial charge in [-0.1, -0.05) is 42.0 Å². The van der Waals surface area contributed by atoms with E-state index in [-0.39, 0.29) is 5.91 Å². The quantitative estimate of drug-likeness (QED) is 0.129. The van der Waals surface area contributed by atoms with Crippen LogP contribution in [0.4, 0.5) is 5.69 Å². The average molecular weight is 550 g/mol. The molecular formula is C29H29Cl2N5O2. The highest BCUT2D eigenvalue weighted by atomic mass is 35.5. The van der Waals surface area contributed by atoms with Gasteiger partial charge in [0, 0.05) is 36.1 Å². The summed E-state index contributed by atoms with van der Waals surface area (Å²) in [4.78, 5) is 14.6. The van der Waals surface area contributed by atoms with E-state index in [1.165, 1.54) is 5.56 Å². The number of ether oxygens (including phenoxy) is 1. The van der Waals surface area contributed by atoms with Crippen LogP contribution in [-0.4, -0.2) is 47.2 Å². The Kier molecular flexibility index (Phi) is 9.78. The topological polar surface area (TPSA) is 82.6 Å². The number of aryl methyl sites for hydroxylation is 1. The van der Waals surface area contributed by atoms with Gasteiger partial charge >= 0.3 is 0 Å². The molecule has 0 bridgehead atoms. The van der Waals surface area contributed by atoms with Gasteiger partial charge < -0.3 is 9.64 Å². The van der Waals surface area contributed by atoms with E-state index in [1.807, 2.05) is 48.5 Å². The molecule has 1 amide bonds. The van der Waals surface area contributed by atoms with Crippen molar-refractivity contribution in [2.45, 2.75) is 13.5 Å². The van der Waals surface area contributed by atoms with Gasteiger partial charge in [0.05, 0.1) is 11.9 Å². The normalized spacial score (nSPS) is 11.0. The number of aromatic amines is 1. The molecule has 0 fully saturated rings. The SMILES string of the molecule is Cc1ccc(COc2ccc(-c3cc(C(=O)NN=Cc4ccc(N(CCCl)CCCl)cc4)[nH]n3)cc2)cc1. The minimum atomic E-state index is -0.384. The van der Waals surface area contributed by atoms with Gasteiger partial charge in [0.15, 0.2) is 0 Å². The highest BCUT2D eigenvalue weighted by molar-refractivity contribution is 6.18. The summed E-state index contributed by atoms with van der Waals surface area (Å²) < 4.78 is 5.87. The summed E-state index contributed by atoms with van der Waals surface area (Å²) in [5, 5.41) is 11.1. The fraction of sp³-hybridized carbons (Fsp3) is 0.207. The van der Waals surface area contributed by atoms with Crippen LogP contribution in [0.5, 0.6) is 5.75 Å². The lowest BCUT2D eigenvalue weighted by molar-refractivity contribution is 0.0950. The van der Waals surface area contributed by atoms with Crippen molar-refractivity contribution in [2.24, 2.45) is 5.10 Å². The van der Waals surface area contributed by atoms with Gasteiger partial charge in [-0.25, -0.2) is 5.43 Å². The predicted octanol–water partition coefficient (Wildman–Crippen LogP) is 6.01. The largest absolute Gasteiger partial charge is 0.489 e. The Labute approximate surface area is 232 Å². The number of carbonyl (C=O) groups is 1. The summed E-state index contributed by atoms with van der Waals surface area (Å²) >= 11 is 11.8. The van der Waals surface area contributed by atoms with E-state index in [9.17, 15) is 4.79 Å². The number of nitrogens with one attached hydrogen (secondary N) is 2. The third-order valence-corrected chi connectivity index (χ3v) is 6.18.